The lowest BCUT2D eigenvalue weighted by Crippen LogP contribution is -2.14. The number of thiol groups is 1. The summed E-state index contributed by atoms with van der Waals surface area (Å²) in [6, 6.07) is 18.5. The molecule has 5 rings (SSSR count). The molecule has 0 saturated heterocycles. The molecular weight excluding hydrogens is 568 g/mol. The largest absolute Gasteiger partial charge is 0.444 e. The van der Waals surface area contributed by atoms with Gasteiger partial charge in [-0.05, 0) is 30.7 Å². The van der Waals surface area contributed by atoms with Gasteiger partial charge in [-0.3, -0.25) is 5.32 Å². The number of hydrogen-bond acceptors (Lipinski definition) is 10. The molecule has 3 aromatic heterocycles. The second-order valence-corrected chi connectivity index (χ2v) is 11.5. The van der Waals surface area contributed by atoms with Crippen molar-refractivity contribution >= 4 is 43.5 Å². The molecule has 2 aromatic carbocycles. The standard InChI is InChI=1S/C27H20N6O6S2/c1-17-7-9-21(10-8-17)41(37,38)33-15-23(24-19(12-28)13-30-26(32-24)40(35)36)22-11-20(14-29-25(22)33)31-27(34)39-16-18-5-3-2-4-6-18/h2-11,13-15,40H,16H2,1H3,(H,31,34). The van der Waals surface area contributed by atoms with Crippen LogP contribution in [0.4, 0.5) is 10.5 Å². The number of hydrogen-bond donors (Lipinski definition) is 2. The maximum atomic E-state index is 13.7. The summed E-state index contributed by atoms with van der Waals surface area (Å²) in [5, 5.41) is 11.9. The highest BCUT2D eigenvalue weighted by molar-refractivity contribution is 7.90. The Morgan fingerprint density at radius 3 is 2.49 bits per heavy atom. The molecular formula is C27H20N6O6S2. The molecule has 3 heterocycles. The lowest BCUT2D eigenvalue weighted by molar-refractivity contribution is 0.155. The van der Waals surface area contributed by atoms with Gasteiger partial charge in [0.15, 0.2) is 5.65 Å². The first-order valence-corrected chi connectivity index (χ1v) is 14.5. The van der Waals surface area contributed by atoms with Crippen molar-refractivity contribution in [3.05, 3.63) is 95.9 Å². The minimum absolute atomic E-state index is 0.0153. The number of nitrogens with one attached hydrogen (secondary N) is 1. The van der Waals surface area contributed by atoms with E-state index < -0.39 is 32.0 Å². The highest BCUT2D eigenvalue weighted by Crippen LogP contribution is 2.34. The molecule has 12 nitrogen and oxygen atoms in total. The zero-order chi connectivity index (χ0) is 29.1. The summed E-state index contributed by atoms with van der Waals surface area (Å²) in [7, 11) is -7.40. The number of pyridine rings is 1. The molecule has 0 aliphatic rings. The molecule has 41 heavy (non-hydrogen) atoms. The van der Waals surface area contributed by atoms with E-state index in [2.05, 4.69) is 20.3 Å². The number of rotatable bonds is 7. The quantitative estimate of drug-likeness (QED) is 0.211. The Kier molecular flexibility index (Phi) is 7.47. The van der Waals surface area contributed by atoms with Gasteiger partial charge in [-0.2, -0.15) is 5.26 Å². The average Bonchev–Trinajstić information content (AvgIpc) is 3.36. The zero-order valence-electron chi connectivity index (χ0n) is 21.3. The first-order chi connectivity index (χ1) is 19.7. The van der Waals surface area contributed by atoms with Crippen LogP contribution >= 0.6 is 0 Å². The number of nitrogens with zero attached hydrogens (tertiary/aromatic N) is 5. The van der Waals surface area contributed by atoms with Crippen LogP contribution in [-0.4, -0.2) is 41.9 Å². The third kappa shape index (κ3) is 5.62. The van der Waals surface area contributed by atoms with Gasteiger partial charge in [0.25, 0.3) is 10.0 Å². The number of carbonyl (C=O) groups excluding carboxylic acids is 1. The normalized spacial score (nSPS) is 11.3. The minimum atomic E-state index is -4.19. The van der Waals surface area contributed by atoms with E-state index in [-0.39, 0.29) is 45.0 Å². The monoisotopic (exact) mass is 588 g/mol. The molecule has 0 atom stereocenters. The lowest BCUT2D eigenvalue weighted by atomic mass is 10.1. The van der Waals surface area contributed by atoms with E-state index in [0.717, 1.165) is 21.3 Å². The number of benzene rings is 2. The Bertz CT molecular complexity index is 2010. The summed E-state index contributed by atoms with van der Waals surface area (Å²) in [5.41, 5.74) is 1.61. The van der Waals surface area contributed by atoms with Crippen molar-refractivity contribution in [2.24, 2.45) is 0 Å². The van der Waals surface area contributed by atoms with E-state index in [9.17, 15) is 26.9 Å². The molecule has 0 fully saturated rings. The maximum Gasteiger partial charge on any atom is 0.412 e. The summed E-state index contributed by atoms with van der Waals surface area (Å²) in [4.78, 5) is 24.5. The van der Waals surface area contributed by atoms with Gasteiger partial charge >= 0.3 is 6.09 Å². The van der Waals surface area contributed by atoms with E-state index in [1.54, 1.807) is 24.3 Å². The molecule has 1 N–H and O–H groups in total. The van der Waals surface area contributed by atoms with Crippen LogP contribution in [0.25, 0.3) is 22.3 Å². The number of aryl methyl sites for hydroxylation is 1. The summed E-state index contributed by atoms with van der Waals surface area (Å²) < 4.78 is 56.7. The second kappa shape index (κ2) is 11.2. The van der Waals surface area contributed by atoms with Crippen molar-refractivity contribution < 1.29 is 26.4 Å². The Morgan fingerprint density at radius 1 is 1.07 bits per heavy atom. The molecule has 0 aliphatic carbocycles. The molecule has 5 aromatic rings. The van der Waals surface area contributed by atoms with Crippen LogP contribution in [0.2, 0.25) is 0 Å². The SMILES string of the molecule is Cc1ccc(S(=O)(=O)n2cc(-c3nc([SH](=O)=O)ncc3C#N)c3cc(NC(=O)OCc4ccccc4)cnc32)cc1. The predicted octanol–water partition coefficient (Wildman–Crippen LogP) is 3.63. The number of amides is 1. The molecule has 206 valence electrons. The smallest absolute Gasteiger partial charge is 0.412 e. The van der Waals surface area contributed by atoms with Gasteiger partial charge in [0.1, 0.15) is 12.7 Å². The lowest BCUT2D eigenvalue weighted by Gasteiger charge is -2.09. The fraction of sp³-hybridized carbons (Fsp3) is 0.0741. The molecule has 0 unspecified atom stereocenters. The molecule has 0 saturated carbocycles. The molecule has 1 amide bonds. The third-order valence-corrected chi connectivity index (χ3v) is 8.17. The number of aromatic nitrogens is 4. The van der Waals surface area contributed by atoms with Crippen molar-refractivity contribution in [1.29, 1.82) is 5.26 Å². The van der Waals surface area contributed by atoms with E-state index in [4.69, 9.17) is 4.74 Å². The van der Waals surface area contributed by atoms with Crippen molar-refractivity contribution in [1.82, 2.24) is 18.9 Å². The number of ether oxygens (including phenoxy) is 1. The number of carbonyl (C=O) groups is 1. The van der Waals surface area contributed by atoms with Gasteiger partial charge in [0.05, 0.1) is 34.2 Å². The summed E-state index contributed by atoms with van der Waals surface area (Å²) >= 11 is 0. The highest BCUT2D eigenvalue weighted by atomic mass is 32.2. The van der Waals surface area contributed by atoms with Crippen LogP contribution in [0.3, 0.4) is 0 Å². The molecule has 0 bridgehead atoms. The summed E-state index contributed by atoms with van der Waals surface area (Å²) in [5.74, 6) is 0. The molecule has 14 heteroatoms. The Labute approximate surface area is 235 Å². The number of anilines is 1. The maximum absolute atomic E-state index is 13.7. The first-order valence-electron chi connectivity index (χ1n) is 11.9. The van der Waals surface area contributed by atoms with Crippen LogP contribution < -0.4 is 5.32 Å². The van der Waals surface area contributed by atoms with Crippen molar-refractivity contribution in [2.75, 3.05) is 5.32 Å². The molecule has 0 spiro atoms. The van der Waals surface area contributed by atoms with Gasteiger partial charge in [0.2, 0.25) is 15.9 Å². The van der Waals surface area contributed by atoms with E-state index in [1.165, 1.54) is 30.6 Å². The average molecular weight is 589 g/mol. The number of nitriles is 1. The van der Waals surface area contributed by atoms with Crippen LogP contribution in [0, 0.1) is 18.3 Å². The van der Waals surface area contributed by atoms with Crippen molar-refractivity contribution in [3.63, 3.8) is 0 Å². The summed E-state index contributed by atoms with van der Waals surface area (Å²) in [6.45, 7) is 1.83. The highest BCUT2D eigenvalue weighted by Gasteiger charge is 2.25. The Balaban J connectivity index is 1.63. The van der Waals surface area contributed by atoms with E-state index in [1.807, 2.05) is 31.2 Å². The van der Waals surface area contributed by atoms with Crippen LogP contribution in [0.5, 0.6) is 0 Å². The van der Waals surface area contributed by atoms with Crippen molar-refractivity contribution in [3.8, 4) is 17.3 Å². The zero-order valence-corrected chi connectivity index (χ0v) is 23.0. The van der Waals surface area contributed by atoms with E-state index in [0.29, 0.717) is 0 Å². The van der Waals surface area contributed by atoms with E-state index >= 15 is 0 Å². The number of fused-ring (bicyclic) bond motifs is 1. The fourth-order valence-electron chi connectivity index (χ4n) is 3.97. The van der Waals surface area contributed by atoms with Crippen LogP contribution in [0.1, 0.15) is 16.7 Å². The second-order valence-electron chi connectivity index (χ2n) is 8.74. The fourth-order valence-corrected chi connectivity index (χ4v) is 5.63. The summed E-state index contributed by atoms with van der Waals surface area (Å²) in [6.07, 6.45) is 2.71. The van der Waals surface area contributed by atoms with Gasteiger partial charge in [-0.25, -0.2) is 40.6 Å². The Morgan fingerprint density at radius 2 is 1.80 bits per heavy atom. The van der Waals surface area contributed by atoms with Gasteiger partial charge in [-0.1, -0.05) is 48.0 Å². The van der Waals surface area contributed by atoms with Crippen LogP contribution in [0.15, 0.2) is 89.3 Å². The molecule has 0 radical (unpaired) electrons. The van der Waals surface area contributed by atoms with Crippen molar-refractivity contribution in [2.45, 2.75) is 23.6 Å². The Hall–Kier alpha value is -5.13. The topological polar surface area (TPSA) is 174 Å². The third-order valence-electron chi connectivity index (χ3n) is 5.96. The molecule has 0 aliphatic heterocycles. The van der Waals surface area contributed by atoms with Gasteiger partial charge < -0.3 is 4.74 Å². The first kappa shape index (κ1) is 27.4. The van der Waals surface area contributed by atoms with Gasteiger partial charge in [-0.15, -0.1) is 0 Å². The van der Waals surface area contributed by atoms with Gasteiger partial charge in [0, 0.05) is 17.1 Å². The van der Waals surface area contributed by atoms with Crippen LogP contribution in [-0.2, 0) is 32.1 Å². The predicted molar refractivity (Wildman–Crippen MR) is 148 cm³/mol. The minimum Gasteiger partial charge on any atom is -0.444 e.